The maximum absolute atomic E-state index is 11.2. The van der Waals surface area contributed by atoms with Gasteiger partial charge in [-0.2, -0.15) is 0 Å². The molecule has 0 fully saturated rings. The SMILES string of the molecule is CC(=O)C(C)Sc1ccc2ccccc2n1. The van der Waals surface area contributed by atoms with Gasteiger partial charge in [-0.3, -0.25) is 4.79 Å². The highest BCUT2D eigenvalue weighted by molar-refractivity contribution is 8.00. The Morgan fingerprint density at radius 1 is 1.25 bits per heavy atom. The van der Waals surface area contributed by atoms with Crippen molar-refractivity contribution < 1.29 is 4.79 Å². The highest BCUT2D eigenvalue weighted by Crippen LogP contribution is 2.24. The van der Waals surface area contributed by atoms with E-state index in [1.807, 2.05) is 43.3 Å². The first kappa shape index (κ1) is 11.1. The van der Waals surface area contributed by atoms with E-state index >= 15 is 0 Å². The van der Waals surface area contributed by atoms with Crippen molar-refractivity contribution in [3.05, 3.63) is 36.4 Å². The summed E-state index contributed by atoms with van der Waals surface area (Å²) in [5, 5.41) is 2.00. The molecule has 0 N–H and O–H groups in total. The number of carbonyl (C=O) groups excluding carboxylic acids is 1. The van der Waals surface area contributed by atoms with E-state index in [0.717, 1.165) is 15.9 Å². The number of hydrogen-bond acceptors (Lipinski definition) is 3. The summed E-state index contributed by atoms with van der Waals surface area (Å²) in [6.07, 6.45) is 0. The lowest BCUT2D eigenvalue weighted by Crippen LogP contribution is -2.08. The van der Waals surface area contributed by atoms with E-state index in [1.165, 1.54) is 11.8 Å². The Balaban J connectivity index is 2.29. The van der Waals surface area contributed by atoms with Gasteiger partial charge in [0, 0.05) is 5.39 Å². The molecule has 2 rings (SSSR count). The number of Topliss-reactive ketones (excluding diaryl/α,β-unsaturated/α-hetero) is 1. The second kappa shape index (κ2) is 4.66. The summed E-state index contributed by atoms with van der Waals surface area (Å²) in [6, 6.07) is 12.0. The summed E-state index contributed by atoms with van der Waals surface area (Å²) < 4.78 is 0. The Kier molecular flexibility index (Phi) is 3.25. The molecule has 2 aromatic rings. The van der Waals surface area contributed by atoms with Gasteiger partial charge in [-0.1, -0.05) is 36.0 Å². The number of nitrogens with zero attached hydrogens (tertiary/aromatic N) is 1. The van der Waals surface area contributed by atoms with Crippen molar-refractivity contribution >= 4 is 28.4 Å². The molecule has 1 atom stereocenters. The van der Waals surface area contributed by atoms with Gasteiger partial charge < -0.3 is 0 Å². The van der Waals surface area contributed by atoms with Crippen LogP contribution in [0.1, 0.15) is 13.8 Å². The van der Waals surface area contributed by atoms with Crippen molar-refractivity contribution in [2.75, 3.05) is 0 Å². The van der Waals surface area contributed by atoms with E-state index < -0.39 is 0 Å². The van der Waals surface area contributed by atoms with Gasteiger partial charge in [-0.05, 0) is 26.0 Å². The van der Waals surface area contributed by atoms with Crippen molar-refractivity contribution in [1.82, 2.24) is 4.98 Å². The lowest BCUT2D eigenvalue weighted by atomic mass is 10.2. The summed E-state index contributed by atoms with van der Waals surface area (Å²) in [5.41, 5.74) is 0.975. The average Bonchev–Trinajstić information content (AvgIpc) is 2.28. The molecule has 1 heterocycles. The lowest BCUT2D eigenvalue weighted by molar-refractivity contribution is -0.116. The van der Waals surface area contributed by atoms with Crippen LogP contribution < -0.4 is 0 Å². The van der Waals surface area contributed by atoms with Crippen molar-refractivity contribution in [2.45, 2.75) is 24.1 Å². The molecule has 0 saturated heterocycles. The number of pyridine rings is 1. The Hall–Kier alpha value is -1.35. The third-order valence-electron chi connectivity index (χ3n) is 2.44. The highest BCUT2D eigenvalue weighted by Gasteiger charge is 2.10. The Bertz CT molecular complexity index is 524. The van der Waals surface area contributed by atoms with E-state index in [4.69, 9.17) is 0 Å². The van der Waals surface area contributed by atoms with Crippen LogP contribution in [0.5, 0.6) is 0 Å². The zero-order valence-electron chi connectivity index (χ0n) is 9.31. The van der Waals surface area contributed by atoms with Crippen molar-refractivity contribution in [3.63, 3.8) is 0 Å². The predicted molar refractivity (Wildman–Crippen MR) is 67.7 cm³/mol. The van der Waals surface area contributed by atoms with Gasteiger partial charge in [0.15, 0.2) is 0 Å². The number of benzene rings is 1. The van der Waals surface area contributed by atoms with E-state index in [0.29, 0.717) is 0 Å². The van der Waals surface area contributed by atoms with Crippen molar-refractivity contribution in [1.29, 1.82) is 0 Å². The molecule has 0 aliphatic rings. The fourth-order valence-electron chi connectivity index (χ4n) is 1.38. The van der Waals surface area contributed by atoms with Gasteiger partial charge in [0.1, 0.15) is 5.78 Å². The first-order chi connectivity index (χ1) is 7.66. The number of rotatable bonds is 3. The zero-order valence-corrected chi connectivity index (χ0v) is 10.1. The van der Waals surface area contributed by atoms with Crippen LogP contribution in [0.3, 0.4) is 0 Å². The first-order valence-corrected chi connectivity index (χ1v) is 6.07. The molecular formula is C13H13NOS. The summed E-state index contributed by atoms with van der Waals surface area (Å²) >= 11 is 1.51. The monoisotopic (exact) mass is 231 g/mol. The average molecular weight is 231 g/mol. The van der Waals surface area contributed by atoms with Crippen LogP contribution in [-0.4, -0.2) is 16.0 Å². The van der Waals surface area contributed by atoms with Gasteiger partial charge >= 0.3 is 0 Å². The van der Waals surface area contributed by atoms with Gasteiger partial charge in [-0.15, -0.1) is 0 Å². The van der Waals surface area contributed by atoms with E-state index in [1.54, 1.807) is 6.92 Å². The quantitative estimate of drug-likeness (QED) is 0.759. The molecule has 0 aliphatic carbocycles. The van der Waals surface area contributed by atoms with Crippen molar-refractivity contribution in [3.8, 4) is 0 Å². The number of fused-ring (bicyclic) bond motifs is 1. The number of thioether (sulfide) groups is 1. The summed E-state index contributed by atoms with van der Waals surface area (Å²) in [4.78, 5) is 15.7. The molecule has 1 unspecified atom stereocenters. The number of aromatic nitrogens is 1. The minimum atomic E-state index is -0.0336. The third kappa shape index (κ3) is 2.42. The standard InChI is InChI=1S/C13H13NOS/c1-9(15)10(2)16-13-8-7-11-5-3-4-6-12(11)14-13/h3-8,10H,1-2H3. The minimum absolute atomic E-state index is 0.0336. The molecule has 82 valence electrons. The minimum Gasteiger partial charge on any atom is -0.299 e. The topological polar surface area (TPSA) is 30.0 Å². The summed E-state index contributed by atoms with van der Waals surface area (Å²) in [7, 11) is 0. The highest BCUT2D eigenvalue weighted by atomic mass is 32.2. The van der Waals surface area contributed by atoms with Crippen LogP contribution >= 0.6 is 11.8 Å². The zero-order chi connectivity index (χ0) is 11.5. The fourth-order valence-corrected chi connectivity index (χ4v) is 2.20. The summed E-state index contributed by atoms with van der Waals surface area (Å²) in [6.45, 7) is 3.52. The van der Waals surface area contributed by atoms with E-state index in [2.05, 4.69) is 4.98 Å². The molecule has 0 aliphatic heterocycles. The molecule has 0 spiro atoms. The Labute approximate surface area is 99.1 Å². The maximum Gasteiger partial charge on any atom is 0.142 e. The first-order valence-electron chi connectivity index (χ1n) is 5.20. The van der Waals surface area contributed by atoms with Gasteiger partial charge in [0.2, 0.25) is 0 Å². The van der Waals surface area contributed by atoms with Crippen molar-refractivity contribution in [2.24, 2.45) is 0 Å². The van der Waals surface area contributed by atoms with Gasteiger partial charge in [0.25, 0.3) is 0 Å². The number of carbonyl (C=O) groups is 1. The molecule has 0 bridgehead atoms. The largest absolute Gasteiger partial charge is 0.299 e. The van der Waals surface area contributed by atoms with Crippen LogP contribution in [0.2, 0.25) is 0 Å². The molecule has 0 radical (unpaired) electrons. The van der Waals surface area contributed by atoms with Crippen LogP contribution in [0, 0.1) is 0 Å². The number of hydrogen-bond donors (Lipinski definition) is 0. The Morgan fingerprint density at radius 2 is 2.00 bits per heavy atom. The molecule has 1 aromatic carbocycles. The number of ketones is 1. The smallest absolute Gasteiger partial charge is 0.142 e. The second-order valence-corrected chi connectivity index (χ2v) is 5.07. The fraction of sp³-hybridized carbons (Fsp3) is 0.231. The molecule has 16 heavy (non-hydrogen) atoms. The molecular weight excluding hydrogens is 218 g/mol. The third-order valence-corrected chi connectivity index (χ3v) is 3.60. The van der Waals surface area contributed by atoms with E-state index in [-0.39, 0.29) is 11.0 Å². The Morgan fingerprint density at radius 3 is 2.75 bits per heavy atom. The van der Waals surface area contributed by atoms with Gasteiger partial charge in [0.05, 0.1) is 15.8 Å². The molecule has 0 amide bonds. The van der Waals surface area contributed by atoms with Crippen LogP contribution in [-0.2, 0) is 4.79 Å². The second-order valence-electron chi connectivity index (χ2n) is 3.71. The molecule has 2 nitrogen and oxygen atoms in total. The molecule has 3 heteroatoms. The number of para-hydroxylation sites is 1. The summed E-state index contributed by atoms with van der Waals surface area (Å²) in [5.74, 6) is 0.181. The molecule has 1 aromatic heterocycles. The lowest BCUT2D eigenvalue weighted by Gasteiger charge is -2.06. The normalized spacial score (nSPS) is 12.6. The maximum atomic E-state index is 11.2. The predicted octanol–water partition coefficient (Wildman–Crippen LogP) is 3.30. The van der Waals surface area contributed by atoms with Gasteiger partial charge in [-0.25, -0.2) is 4.98 Å². The molecule has 0 saturated carbocycles. The van der Waals surface area contributed by atoms with Crippen LogP contribution in [0.4, 0.5) is 0 Å². The van der Waals surface area contributed by atoms with E-state index in [9.17, 15) is 4.79 Å². The van der Waals surface area contributed by atoms with Crippen LogP contribution in [0.15, 0.2) is 41.4 Å². The van der Waals surface area contributed by atoms with Crippen LogP contribution in [0.25, 0.3) is 10.9 Å².